The molecule has 0 spiro atoms. The van der Waals surface area contributed by atoms with E-state index >= 15 is 0 Å². The molecule has 0 bridgehead atoms. The van der Waals surface area contributed by atoms with E-state index in [4.69, 9.17) is 5.84 Å². The molecule has 6 nitrogen and oxygen atoms in total. The molecule has 0 radical (unpaired) electrons. The minimum Gasteiger partial charge on any atom is -0.349 e. The monoisotopic (exact) mass is 277 g/mol. The molecular formula is C14H23N5O. The van der Waals surface area contributed by atoms with Gasteiger partial charge in [-0.25, -0.2) is 10.8 Å². The van der Waals surface area contributed by atoms with Crippen molar-refractivity contribution in [2.24, 2.45) is 5.84 Å². The lowest BCUT2D eigenvalue weighted by atomic mass is 9.98. The quantitative estimate of drug-likeness (QED) is 0.564. The first-order valence-electron chi connectivity index (χ1n) is 6.96. The van der Waals surface area contributed by atoms with E-state index in [2.05, 4.69) is 34.6 Å². The summed E-state index contributed by atoms with van der Waals surface area (Å²) in [4.78, 5) is 18.8. The molecule has 110 valence electrons. The summed E-state index contributed by atoms with van der Waals surface area (Å²) in [6, 6.07) is 4.17. The molecule has 1 aromatic heterocycles. The average Bonchev–Trinajstić information content (AvgIpc) is 2.42. The first kappa shape index (κ1) is 14.7. The number of anilines is 1. The molecule has 0 saturated carbocycles. The molecular weight excluding hydrogens is 254 g/mol. The third-order valence-electron chi connectivity index (χ3n) is 3.91. The molecule has 1 aliphatic heterocycles. The average molecular weight is 277 g/mol. The van der Waals surface area contributed by atoms with Crippen LogP contribution >= 0.6 is 0 Å². The number of carbonyl (C=O) groups is 1. The number of carbonyl (C=O) groups excluding carboxylic acids is 1. The first-order chi connectivity index (χ1) is 9.49. The van der Waals surface area contributed by atoms with Crippen LogP contribution in [0.2, 0.25) is 0 Å². The number of nitrogens with two attached hydrogens (primary N) is 1. The summed E-state index contributed by atoms with van der Waals surface area (Å²) in [7, 11) is 2.12. The number of likely N-dealkylation sites (tertiary alicyclic amines) is 1. The Morgan fingerprint density at radius 3 is 2.90 bits per heavy atom. The molecule has 2 unspecified atom stereocenters. The predicted octanol–water partition coefficient (Wildman–Crippen LogP) is 0.888. The van der Waals surface area contributed by atoms with Crippen molar-refractivity contribution in [3.63, 3.8) is 0 Å². The molecule has 6 heteroatoms. The van der Waals surface area contributed by atoms with Crippen LogP contribution in [0.1, 0.15) is 35.8 Å². The van der Waals surface area contributed by atoms with Crippen molar-refractivity contribution in [1.29, 1.82) is 0 Å². The summed E-state index contributed by atoms with van der Waals surface area (Å²) >= 11 is 0. The highest BCUT2D eigenvalue weighted by molar-refractivity contribution is 5.95. The van der Waals surface area contributed by atoms with E-state index in [-0.39, 0.29) is 11.9 Å². The number of aryl methyl sites for hydroxylation is 1. The van der Waals surface area contributed by atoms with Crippen LogP contribution in [0.3, 0.4) is 0 Å². The maximum absolute atomic E-state index is 12.3. The molecule has 0 aliphatic carbocycles. The summed E-state index contributed by atoms with van der Waals surface area (Å²) < 4.78 is 0. The van der Waals surface area contributed by atoms with E-state index in [1.165, 1.54) is 0 Å². The maximum Gasteiger partial charge on any atom is 0.251 e. The number of hydrazine groups is 1. The van der Waals surface area contributed by atoms with Crippen molar-refractivity contribution in [3.05, 3.63) is 23.4 Å². The van der Waals surface area contributed by atoms with Crippen LogP contribution in [0, 0.1) is 6.92 Å². The van der Waals surface area contributed by atoms with Gasteiger partial charge in [-0.2, -0.15) is 0 Å². The van der Waals surface area contributed by atoms with Gasteiger partial charge in [-0.05, 0) is 45.9 Å². The number of pyridine rings is 1. The van der Waals surface area contributed by atoms with E-state index in [0.29, 0.717) is 17.4 Å². The second-order valence-corrected chi connectivity index (χ2v) is 5.55. The lowest BCUT2D eigenvalue weighted by molar-refractivity contribution is 0.0896. The van der Waals surface area contributed by atoms with Crippen LogP contribution in [0.4, 0.5) is 5.82 Å². The SMILES string of the molecule is Cc1cc(C(=O)NC2CCN(C)C(C)C2)cc(NN)n1. The Morgan fingerprint density at radius 1 is 1.50 bits per heavy atom. The number of nitrogens with one attached hydrogen (secondary N) is 2. The molecule has 1 aromatic rings. The van der Waals surface area contributed by atoms with Crippen molar-refractivity contribution < 1.29 is 4.79 Å². The van der Waals surface area contributed by atoms with Gasteiger partial charge < -0.3 is 15.6 Å². The van der Waals surface area contributed by atoms with Gasteiger partial charge in [-0.1, -0.05) is 0 Å². The van der Waals surface area contributed by atoms with Crippen LogP contribution < -0.4 is 16.6 Å². The van der Waals surface area contributed by atoms with Crippen LogP contribution in [-0.4, -0.2) is 41.5 Å². The van der Waals surface area contributed by atoms with Crippen molar-refractivity contribution in [2.45, 2.75) is 38.8 Å². The van der Waals surface area contributed by atoms with Crippen LogP contribution in [-0.2, 0) is 0 Å². The minimum absolute atomic E-state index is 0.0613. The number of nitrogens with zero attached hydrogens (tertiary/aromatic N) is 2. The molecule has 2 heterocycles. The minimum atomic E-state index is -0.0613. The van der Waals surface area contributed by atoms with Gasteiger partial charge in [0.05, 0.1) is 0 Å². The second kappa shape index (κ2) is 6.19. The van der Waals surface area contributed by atoms with Gasteiger partial charge in [0.2, 0.25) is 0 Å². The van der Waals surface area contributed by atoms with Crippen molar-refractivity contribution in [3.8, 4) is 0 Å². The van der Waals surface area contributed by atoms with Crippen LogP contribution in [0.5, 0.6) is 0 Å². The molecule has 1 fully saturated rings. The Balaban J connectivity index is 2.03. The topological polar surface area (TPSA) is 83.3 Å². The summed E-state index contributed by atoms with van der Waals surface area (Å²) in [5, 5.41) is 3.10. The second-order valence-electron chi connectivity index (χ2n) is 5.55. The highest BCUT2D eigenvalue weighted by Crippen LogP contribution is 2.16. The molecule has 1 amide bonds. The Hall–Kier alpha value is -1.66. The van der Waals surface area contributed by atoms with Gasteiger partial charge in [0.15, 0.2) is 0 Å². The van der Waals surface area contributed by atoms with Crippen molar-refractivity contribution in [1.82, 2.24) is 15.2 Å². The normalized spacial score (nSPS) is 23.4. The smallest absolute Gasteiger partial charge is 0.251 e. The summed E-state index contributed by atoms with van der Waals surface area (Å²) in [5.74, 6) is 5.80. The molecule has 0 aromatic carbocycles. The number of piperidine rings is 1. The number of hydrogen-bond donors (Lipinski definition) is 3. The maximum atomic E-state index is 12.3. The van der Waals surface area contributed by atoms with E-state index in [1.807, 2.05) is 6.92 Å². The standard InChI is InChI=1S/C14H23N5O/c1-9-6-11(8-13(16-9)18-15)14(20)17-12-4-5-19(3)10(2)7-12/h6,8,10,12H,4-5,7,15H2,1-3H3,(H,16,18)(H,17,20). The third-order valence-corrected chi connectivity index (χ3v) is 3.91. The molecule has 20 heavy (non-hydrogen) atoms. The molecule has 4 N–H and O–H groups in total. The predicted molar refractivity (Wildman–Crippen MR) is 79.4 cm³/mol. The zero-order valence-corrected chi connectivity index (χ0v) is 12.3. The largest absolute Gasteiger partial charge is 0.349 e. The number of amides is 1. The lowest BCUT2D eigenvalue weighted by Crippen LogP contribution is -2.47. The molecule has 2 rings (SSSR count). The van der Waals surface area contributed by atoms with E-state index < -0.39 is 0 Å². The number of hydrogen-bond acceptors (Lipinski definition) is 5. The fraction of sp³-hybridized carbons (Fsp3) is 0.571. The van der Waals surface area contributed by atoms with Gasteiger partial charge in [-0.15, -0.1) is 0 Å². The van der Waals surface area contributed by atoms with Gasteiger partial charge in [0, 0.05) is 29.9 Å². The number of nitrogen functional groups attached to an aromatic ring is 1. The van der Waals surface area contributed by atoms with Gasteiger partial charge in [-0.3, -0.25) is 4.79 Å². The number of aromatic nitrogens is 1. The van der Waals surface area contributed by atoms with E-state index in [0.717, 1.165) is 25.1 Å². The lowest BCUT2D eigenvalue weighted by Gasteiger charge is -2.35. The van der Waals surface area contributed by atoms with Crippen LogP contribution in [0.15, 0.2) is 12.1 Å². The Kier molecular flexibility index (Phi) is 4.57. The highest BCUT2D eigenvalue weighted by Gasteiger charge is 2.24. The fourth-order valence-electron chi connectivity index (χ4n) is 2.56. The fourth-order valence-corrected chi connectivity index (χ4v) is 2.56. The Morgan fingerprint density at radius 2 is 2.25 bits per heavy atom. The van der Waals surface area contributed by atoms with Crippen molar-refractivity contribution >= 4 is 11.7 Å². The first-order valence-corrected chi connectivity index (χ1v) is 6.96. The van der Waals surface area contributed by atoms with Crippen LogP contribution in [0.25, 0.3) is 0 Å². The van der Waals surface area contributed by atoms with Gasteiger partial charge >= 0.3 is 0 Å². The summed E-state index contributed by atoms with van der Waals surface area (Å²) in [5.41, 5.74) is 3.84. The zero-order valence-electron chi connectivity index (χ0n) is 12.3. The van der Waals surface area contributed by atoms with Gasteiger partial charge in [0.1, 0.15) is 5.82 Å². The third kappa shape index (κ3) is 3.46. The molecule has 2 atom stereocenters. The summed E-state index contributed by atoms with van der Waals surface area (Å²) in [6.07, 6.45) is 1.97. The highest BCUT2D eigenvalue weighted by atomic mass is 16.1. The van der Waals surface area contributed by atoms with E-state index in [9.17, 15) is 4.79 Å². The Labute approximate surface area is 119 Å². The Bertz CT molecular complexity index is 490. The number of rotatable bonds is 3. The zero-order chi connectivity index (χ0) is 14.7. The van der Waals surface area contributed by atoms with E-state index in [1.54, 1.807) is 12.1 Å². The molecule has 1 aliphatic rings. The molecule has 1 saturated heterocycles. The van der Waals surface area contributed by atoms with Gasteiger partial charge in [0.25, 0.3) is 5.91 Å². The van der Waals surface area contributed by atoms with Crippen molar-refractivity contribution in [2.75, 3.05) is 19.0 Å². The summed E-state index contributed by atoms with van der Waals surface area (Å²) in [6.45, 7) is 5.04.